The lowest BCUT2D eigenvalue weighted by Crippen LogP contribution is -2.31. The van der Waals surface area contributed by atoms with Crippen molar-refractivity contribution in [3.05, 3.63) is 59.3 Å². The second-order valence-electron chi connectivity index (χ2n) is 7.41. The van der Waals surface area contributed by atoms with Crippen LogP contribution < -0.4 is 9.46 Å². The molecule has 3 aromatic heterocycles. The van der Waals surface area contributed by atoms with Gasteiger partial charge < -0.3 is 4.74 Å². The van der Waals surface area contributed by atoms with Gasteiger partial charge in [-0.15, -0.1) is 5.10 Å². The SMILES string of the molecule is O=C(NS(=O)(=O)c1cccc(F)n1)c1ccc(-n2ccc(OCC3(C(F)(F)F)CC3)n2)nc1Cl. The molecule has 3 aromatic rings. The van der Waals surface area contributed by atoms with Gasteiger partial charge in [-0.05, 0) is 37.1 Å². The van der Waals surface area contributed by atoms with Gasteiger partial charge in [0.25, 0.3) is 15.9 Å². The molecule has 0 aliphatic heterocycles. The van der Waals surface area contributed by atoms with Gasteiger partial charge in [-0.25, -0.2) is 19.4 Å². The van der Waals surface area contributed by atoms with Gasteiger partial charge in [0.1, 0.15) is 17.2 Å². The fraction of sp³-hybridized carbons (Fsp3) is 0.263. The molecule has 1 aliphatic carbocycles. The van der Waals surface area contributed by atoms with Gasteiger partial charge in [-0.3, -0.25) is 4.79 Å². The van der Waals surface area contributed by atoms with Crippen molar-refractivity contribution in [1.82, 2.24) is 24.5 Å². The molecule has 0 aromatic carbocycles. The molecule has 3 heterocycles. The molecule has 34 heavy (non-hydrogen) atoms. The van der Waals surface area contributed by atoms with E-state index in [0.717, 1.165) is 22.9 Å². The highest BCUT2D eigenvalue weighted by Crippen LogP contribution is 2.57. The van der Waals surface area contributed by atoms with Crippen LogP contribution in [0.15, 0.2) is 47.6 Å². The summed E-state index contributed by atoms with van der Waals surface area (Å²) in [4.78, 5) is 19.6. The van der Waals surface area contributed by atoms with Crippen molar-refractivity contribution >= 4 is 27.5 Å². The van der Waals surface area contributed by atoms with E-state index in [1.807, 2.05) is 0 Å². The van der Waals surface area contributed by atoms with E-state index in [4.69, 9.17) is 16.3 Å². The largest absolute Gasteiger partial charge is 0.476 e. The Morgan fingerprint density at radius 1 is 1.18 bits per heavy atom. The Bertz CT molecular complexity index is 1360. The molecule has 0 unspecified atom stereocenters. The smallest absolute Gasteiger partial charge is 0.397 e. The summed E-state index contributed by atoms with van der Waals surface area (Å²) in [6, 6.07) is 6.83. The number of ether oxygens (including phenoxy) is 1. The summed E-state index contributed by atoms with van der Waals surface area (Å²) in [5, 5.41) is 2.89. The maximum absolute atomic E-state index is 13.2. The average Bonchev–Trinajstić information content (AvgIpc) is 3.42. The van der Waals surface area contributed by atoms with Crippen LogP contribution in [0.4, 0.5) is 17.6 Å². The Kier molecular flexibility index (Phi) is 5.97. The number of alkyl halides is 3. The highest BCUT2D eigenvalue weighted by atomic mass is 35.5. The summed E-state index contributed by atoms with van der Waals surface area (Å²) in [6.07, 6.45) is -3.02. The van der Waals surface area contributed by atoms with Crippen molar-refractivity contribution in [2.45, 2.75) is 24.0 Å². The highest BCUT2D eigenvalue weighted by molar-refractivity contribution is 7.90. The first kappa shape index (κ1) is 23.9. The zero-order chi connectivity index (χ0) is 24.7. The molecule has 0 spiro atoms. The van der Waals surface area contributed by atoms with E-state index in [1.54, 1.807) is 4.72 Å². The van der Waals surface area contributed by atoms with E-state index in [-0.39, 0.29) is 35.3 Å². The predicted molar refractivity (Wildman–Crippen MR) is 108 cm³/mol. The molecule has 4 rings (SSSR count). The zero-order valence-corrected chi connectivity index (χ0v) is 18.5. The van der Waals surface area contributed by atoms with E-state index in [9.17, 15) is 30.8 Å². The quantitative estimate of drug-likeness (QED) is 0.376. The van der Waals surface area contributed by atoms with Gasteiger partial charge in [0.05, 0.1) is 5.56 Å². The Morgan fingerprint density at radius 3 is 2.53 bits per heavy atom. The number of carbonyl (C=O) groups is 1. The van der Waals surface area contributed by atoms with E-state index in [0.29, 0.717) is 0 Å². The van der Waals surface area contributed by atoms with E-state index < -0.39 is 45.1 Å². The molecule has 0 saturated heterocycles. The molecule has 1 fully saturated rings. The summed E-state index contributed by atoms with van der Waals surface area (Å²) in [5.41, 5.74) is -2.16. The second kappa shape index (κ2) is 8.51. The fourth-order valence-corrected chi connectivity index (χ4v) is 4.03. The van der Waals surface area contributed by atoms with Crippen LogP contribution >= 0.6 is 11.6 Å². The zero-order valence-electron chi connectivity index (χ0n) is 16.9. The standard InChI is InChI=1S/C19H14ClF4N5O4S/c20-16-11(17(30)28-34(31,32)15-3-1-2-12(21)25-15)4-5-13(26-16)29-9-6-14(27-29)33-10-18(7-8-18)19(22,23)24/h1-6,9H,7-8,10H2,(H,28,30). The normalized spacial score (nSPS) is 15.1. The Labute approximate surface area is 194 Å². The number of rotatable bonds is 7. The van der Waals surface area contributed by atoms with Crippen LogP contribution in [-0.2, 0) is 10.0 Å². The minimum absolute atomic E-state index is 0.0110. The predicted octanol–water partition coefficient (Wildman–Crippen LogP) is 3.29. The first-order valence-corrected chi connectivity index (χ1v) is 11.4. The molecule has 15 heteroatoms. The number of pyridine rings is 2. The van der Waals surface area contributed by atoms with E-state index in [1.165, 1.54) is 24.4 Å². The fourth-order valence-electron chi connectivity index (χ4n) is 2.87. The van der Waals surface area contributed by atoms with Crippen LogP contribution in [0.5, 0.6) is 5.88 Å². The van der Waals surface area contributed by atoms with Gasteiger partial charge in [-0.1, -0.05) is 17.7 Å². The van der Waals surface area contributed by atoms with Crippen LogP contribution in [0, 0.1) is 11.4 Å². The van der Waals surface area contributed by atoms with Gasteiger partial charge >= 0.3 is 6.18 Å². The average molecular weight is 520 g/mol. The number of carbonyl (C=O) groups excluding carboxylic acids is 1. The van der Waals surface area contributed by atoms with Crippen LogP contribution in [-0.4, -0.2) is 46.9 Å². The second-order valence-corrected chi connectivity index (χ2v) is 9.39. The third-order valence-electron chi connectivity index (χ3n) is 5.02. The molecule has 180 valence electrons. The molecule has 0 bridgehead atoms. The van der Waals surface area contributed by atoms with Crippen LogP contribution in [0.1, 0.15) is 23.2 Å². The van der Waals surface area contributed by atoms with Crippen molar-refractivity contribution in [2.24, 2.45) is 5.41 Å². The molecule has 1 N–H and O–H groups in total. The topological polar surface area (TPSA) is 116 Å². The molecule has 0 radical (unpaired) electrons. The number of aromatic nitrogens is 4. The first-order valence-electron chi connectivity index (χ1n) is 9.52. The number of nitrogens with one attached hydrogen (secondary N) is 1. The minimum Gasteiger partial charge on any atom is -0.476 e. The Morgan fingerprint density at radius 2 is 1.91 bits per heavy atom. The Balaban J connectivity index is 1.46. The first-order chi connectivity index (χ1) is 15.9. The molecular weight excluding hydrogens is 506 g/mol. The lowest BCUT2D eigenvalue weighted by molar-refractivity contribution is -0.194. The number of hydrogen-bond acceptors (Lipinski definition) is 7. The van der Waals surface area contributed by atoms with Crippen LogP contribution in [0.2, 0.25) is 5.15 Å². The van der Waals surface area contributed by atoms with Gasteiger partial charge in [-0.2, -0.15) is 26.0 Å². The molecular formula is C19H14ClF4N5O4S. The minimum atomic E-state index is -4.48. The third-order valence-corrected chi connectivity index (χ3v) is 6.54. The van der Waals surface area contributed by atoms with Crippen molar-refractivity contribution in [1.29, 1.82) is 0 Å². The number of hydrogen-bond donors (Lipinski definition) is 1. The molecule has 1 amide bonds. The number of halogens is 5. The number of amides is 1. The number of nitrogens with zero attached hydrogens (tertiary/aromatic N) is 4. The Hall–Kier alpha value is -3.26. The number of sulfonamides is 1. The highest BCUT2D eigenvalue weighted by Gasteiger charge is 2.64. The molecule has 1 saturated carbocycles. The molecule has 9 nitrogen and oxygen atoms in total. The van der Waals surface area contributed by atoms with Gasteiger partial charge in [0.15, 0.2) is 10.8 Å². The molecule has 0 atom stereocenters. The summed E-state index contributed by atoms with van der Waals surface area (Å²) < 4.78 is 84.8. The summed E-state index contributed by atoms with van der Waals surface area (Å²) in [5.74, 6) is -2.17. The summed E-state index contributed by atoms with van der Waals surface area (Å²) in [7, 11) is -4.48. The third kappa shape index (κ3) is 4.82. The van der Waals surface area contributed by atoms with Crippen LogP contribution in [0.25, 0.3) is 5.82 Å². The van der Waals surface area contributed by atoms with E-state index in [2.05, 4.69) is 15.1 Å². The van der Waals surface area contributed by atoms with Crippen molar-refractivity contribution in [3.8, 4) is 11.7 Å². The van der Waals surface area contributed by atoms with Crippen molar-refractivity contribution in [3.63, 3.8) is 0 Å². The monoisotopic (exact) mass is 519 g/mol. The summed E-state index contributed by atoms with van der Waals surface area (Å²) in [6.45, 7) is -0.560. The lowest BCUT2D eigenvalue weighted by Gasteiger charge is -2.18. The van der Waals surface area contributed by atoms with Crippen LogP contribution in [0.3, 0.4) is 0 Å². The molecule has 1 aliphatic rings. The van der Waals surface area contributed by atoms with Crippen molar-refractivity contribution < 1.29 is 35.5 Å². The van der Waals surface area contributed by atoms with Gasteiger partial charge in [0.2, 0.25) is 11.8 Å². The van der Waals surface area contributed by atoms with Crippen molar-refractivity contribution in [2.75, 3.05) is 6.61 Å². The lowest BCUT2D eigenvalue weighted by atomic mass is 10.1. The van der Waals surface area contributed by atoms with Gasteiger partial charge in [0, 0.05) is 12.3 Å². The summed E-state index contributed by atoms with van der Waals surface area (Å²) >= 11 is 6.02. The maximum atomic E-state index is 13.2. The maximum Gasteiger partial charge on any atom is 0.397 e. The van der Waals surface area contributed by atoms with E-state index >= 15 is 0 Å².